The largest absolute Gasteiger partial charge is 0.456 e. The van der Waals surface area contributed by atoms with Crippen LogP contribution in [0.25, 0.3) is 76.9 Å². The molecule has 2 aromatic heterocycles. The second-order valence-electron chi connectivity index (χ2n) is 12.5. The summed E-state index contributed by atoms with van der Waals surface area (Å²) in [7, 11) is 0. The van der Waals surface area contributed by atoms with Gasteiger partial charge in [-0.1, -0.05) is 121 Å². The molecule has 0 spiro atoms. The lowest BCUT2D eigenvalue weighted by Crippen LogP contribution is -2.10. The van der Waals surface area contributed by atoms with Crippen LogP contribution in [0.3, 0.4) is 0 Å². The van der Waals surface area contributed by atoms with E-state index in [0.29, 0.717) is 0 Å². The van der Waals surface area contributed by atoms with Gasteiger partial charge in [-0.3, -0.25) is 0 Å². The molecular weight excluding hydrogens is 599 g/mol. The summed E-state index contributed by atoms with van der Waals surface area (Å²) >= 11 is 0. The Morgan fingerprint density at radius 1 is 0.367 bits per heavy atom. The summed E-state index contributed by atoms with van der Waals surface area (Å²) in [4.78, 5) is 2.36. The Labute approximate surface area is 282 Å². The summed E-state index contributed by atoms with van der Waals surface area (Å²) in [6, 6.07) is 61.9. The van der Waals surface area contributed by atoms with Gasteiger partial charge in [0.1, 0.15) is 22.3 Å². The highest BCUT2D eigenvalue weighted by Crippen LogP contribution is 2.48. The van der Waals surface area contributed by atoms with Gasteiger partial charge in [-0.25, -0.2) is 0 Å². The summed E-state index contributed by atoms with van der Waals surface area (Å²) in [5.41, 5.74) is 11.2. The van der Waals surface area contributed by atoms with Crippen LogP contribution in [0.1, 0.15) is 0 Å². The van der Waals surface area contributed by atoms with Crippen LogP contribution >= 0.6 is 0 Å². The standard InChI is InChI=1S/C46H29NO2/c1-3-12-30(13-4-1)31-22-24-34(25-23-31)47(35-26-27-42-39(29-35)37-18-9-10-20-41(37)48-42)40-19-11-21-43-45(40)44-36-17-8-7-16-33(36)28-38(46(44)49-43)32-14-5-2-6-15-32/h1-29H. The number of hydrogen-bond acceptors (Lipinski definition) is 3. The molecule has 2 heterocycles. The van der Waals surface area contributed by atoms with Gasteiger partial charge >= 0.3 is 0 Å². The summed E-state index contributed by atoms with van der Waals surface area (Å²) < 4.78 is 13.1. The molecule has 0 bridgehead atoms. The SMILES string of the molecule is c1ccc(-c2ccc(N(c3ccc4oc5ccccc5c4c3)c3cccc4oc5c(-c6ccccc6)cc6ccccc6c5c34)cc2)cc1. The minimum atomic E-state index is 0.849. The molecule has 49 heavy (non-hydrogen) atoms. The van der Waals surface area contributed by atoms with Crippen LogP contribution in [0, 0.1) is 0 Å². The zero-order chi connectivity index (χ0) is 32.3. The molecule has 0 unspecified atom stereocenters. The highest BCUT2D eigenvalue weighted by molar-refractivity contribution is 6.26. The van der Waals surface area contributed by atoms with Gasteiger partial charge < -0.3 is 13.7 Å². The fraction of sp³-hybridized carbons (Fsp3) is 0. The first-order valence-electron chi connectivity index (χ1n) is 16.6. The van der Waals surface area contributed by atoms with Crippen LogP contribution in [-0.4, -0.2) is 0 Å². The van der Waals surface area contributed by atoms with Crippen molar-refractivity contribution in [3.05, 3.63) is 176 Å². The zero-order valence-electron chi connectivity index (χ0n) is 26.5. The van der Waals surface area contributed by atoms with Crippen molar-refractivity contribution in [1.82, 2.24) is 0 Å². The normalized spacial score (nSPS) is 11.7. The lowest BCUT2D eigenvalue weighted by atomic mass is 9.95. The highest BCUT2D eigenvalue weighted by Gasteiger charge is 2.23. The average Bonchev–Trinajstić information content (AvgIpc) is 3.75. The number of anilines is 3. The van der Waals surface area contributed by atoms with E-state index in [2.05, 4.69) is 169 Å². The number of para-hydroxylation sites is 1. The Balaban J connectivity index is 1.28. The van der Waals surface area contributed by atoms with E-state index >= 15 is 0 Å². The van der Waals surface area contributed by atoms with Gasteiger partial charge in [-0.2, -0.15) is 0 Å². The van der Waals surface area contributed by atoms with Gasteiger partial charge in [0.15, 0.2) is 0 Å². The van der Waals surface area contributed by atoms with E-state index in [1.807, 2.05) is 12.1 Å². The fourth-order valence-corrected chi connectivity index (χ4v) is 7.38. The van der Waals surface area contributed by atoms with Crippen molar-refractivity contribution in [3.63, 3.8) is 0 Å². The number of hydrogen-bond donors (Lipinski definition) is 0. The smallest absolute Gasteiger partial charge is 0.143 e. The quantitative estimate of drug-likeness (QED) is 0.190. The van der Waals surface area contributed by atoms with Crippen LogP contribution in [0.4, 0.5) is 17.1 Å². The van der Waals surface area contributed by atoms with E-state index in [-0.39, 0.29) is 0 Å². The minimum absolute atomic E-state index is 0.849. The maximum absolute atomic E-state index is 6.86. The van der Waals surface area contributed by atoms with Gasteiger partial charge in [-0.15, -0.1) is 0 Å². The van der Waals surface area contributed by atoms with Gasteiger partial charge in [0.2, 0.25) is 0 Å². The molecule has 0 amide bonds. The maximum atomic E-state index is 6.86. The molecule has 0 saturated carbocycles. The van der Waals surface area contributed by atoms with Crippen molar-refractivity contribution in [2.24, 2.45) is 0 Å². The first kappa shape index (κ1) is 27.5. The van der Waals surface area contributed by atoms with Crippen molar-refractivity contribution < 1.29 is 8.83 Å². The van der Waals surface area contributed by atoms with Crippen molar-refractivity contribution in [2.45, 2.75) is 0 Å². The Morgan fingerprint density at radius 2 is 1.00 bits per heavy atom. The van der Waals surface area contributed by atoms with E-state index in [1.165, 1.54) is 21.9 Å². The summed E-state index contributed by atoms with van der Waals surface area (Å²) in [5, 5.41) is 6.72. The van der Waals surface area contributed by atoms with E-state index in [9.17, 15) is 0 Å². The third-order valence-electron chi connectivity index (χ3n) is 9.64. The van der Waals surface area contributed by atoms with Crippen molar-refractivity contribution in [1.29, 1.82) is 0 Å². The topological polar surface area (TPSA) is 29.5 Å². The Kier molecular flexibility index (Phi) is 6.18. The molecule has 0 aliphatic carbocycles. The molecule has 0 N–H and O–H groups in total. The molecule has 0 fully saturated rings. The predicted octanol–water partition coefficient (Wildman–Crippen LogP) is 13.4. The molecule has 230 valence electrons. The molecule has 0 saturated heterocycles. The molecular formula is C46H29NO2. The molecule has 0 aliphatic rings. The molecule has 8 aromatic carbocycles. The third kappa shape index (κ3) is 4.44. The van der Waals surface area contributed by atoms with Gasteiger partial charge in [0, 0.05) is 33.1 Å². The van der Waals surface area contributed by atoms with Crippen LogP contribution < -0.4 is 4.90 Å². The molecule has 10 rings (SSSR count). The Bertz CT molecular complexity index is 2810. The van der Waals surface area contributed by atoms with Crippen LogP contribution in [0.15, 0.2) is 185 Å². The number of nitrogens with zero attached hydrogens (tertiary/aromatic N) is 1. The summed E-state index contributed by atoms with van der Waals surface area (Å²) in [6.07, 6.45) is 0. The van der Waals surface area contributed by atoms with E-state index < -0.39 is 0 Å². The summed E-state index contributed by atoms with van der Waals surface area (Å²) in [6.45, 7) is 0. The van der Waals surface area contributed by atoms with Crippen LogP contribution in [0.2, 0.25) is 0 Å². The van der Waals surface area contributed by atoms with E-state index in [0.717, 1.165) is 72.1 Å². The van der Waals surface area contributed by atoms with Gasteiger partial charge in [0.25, 0.3) is 0 Å². The third-order valence-corrected chi connectivity index (χ3v) is 9.64. The van der Waals surface area contributed by atoms with Crippen molar-refractivity contribution in [3.8, 4) is 22.3 Å². The highest BCUT2D eigenvalue weighted by atomic mass is 16.3. The molecule has 3 heteroatoms. The maximum Gasteiger partial charge on any atom is 0.143 e. The minimum Gasteiger partial charge on any atom is -0.456 e. The molecule has 0 radical (unpaired) electrons. The number of fused-ring (bicyclic) bond motifs is 8. The molecule has 3 nitrogen and oxygen atoms in total. The summed E-state index contributed by atoms with van der Waals surface area (Å²) in [5.74, 6) is 0. The van der Waals surface area contributed by atoms with Crippen molar-refractivity contribution in [2.75, 3.05) is 4.90 Å². The van der Waals surface area contributed by atoms with E-state index in [4.69, 9.17) is 8.83 Å². The Hall–Kier alpha value is -6.58. The van der Waals surface area contributed by atoms with Gasteiger partial charge in [-0.05, 0) is 82.1 Å². The van der Waals surface area contributed by atoms with Gasteiger partial charge in [0.05, 0.1) is 11.1 Å². The lowest BCUT2D eigenvalue weighted by molar-refractivity contribution is 0.669. The van der Waals surface area contributed by atoms with Crippen LogP contribution in [0.5, 0.6) is 0 Å². The first-order valence-corrected chi connectivity index (χ1v) is 16.6. The van der Waals surface area contributed by atoms with Crippen LogP contribution in [-0.2, 0) is 0 Å². The fourth-order valence-electron chi connectivity index (χ4n) is 7.38. The average molecular weight is 628 g/mol. The lowest BCUT2D eigenvalue weighted by Gasteiger charge is -2.26. The predicted molar refractivity (Wildman–Crippen MR) is 204 cm³/mol. The zero-order valence-corrected chi connectivity index (χ0v) is 26.5. The number of benzene rings is 8. The van der Waals surface area contributed by atoms with E-state index in [1.54, 1.807) is 0 Å². The molecule has 10 aromatic rings. The molecule has 0 aliphatic heterocycles. The second kappa shape index (κ2) is 11.0. The second-order valence-corrected chi connectivity index (χ2v) is 12.5. The van der Waals surface area contributed by atoms with Crippen molar-refractivity contribution >= 4 is 71.7 Å². The monoisotopic (exact) mass is 627 g/mol. The Morgan fingerprint density at radius 3 is 1.82 bits per heavy atom. The number of furan rings is 2. The number of rotatable bonds is 5. The molecule has 0 atom stereocenters. The first-order chi connectivity index (χ1) is 24.3.